The Bertz CT molecular complexity index is 575. The van der Waals surface area contributed by atoms with Crippen LogP contribution < -0.4 is 5.73 Å². The summed E-state index contributed by atoms with van der Waals surface area (Å²) in [6.45, 7) is 6.44. The fraction of sp³-hybridized carbons (Fsp3) is 0.467. The molecular formula is C15H21N3O2S. The maximum absolute atomic E-state index is 9.26. The van der Waals surface area contributed by atoms with Gasteiger partial charge < -0.3 is 15.4 Å². The molecule has 2 aromatic rings. The summed E-state index contributed by atoms with van der Waals surface area (Å²) in [6.07, 6.45) is 0.592. The van der Waals surface area contributed by atoms with Crippen molar-refractivity contribution < 1.29 is 9.63 Å². The lowest BCUT2D eigenvalue weighted by Crippen LogP contribution is -2.14. The van der Waals surface area contributed by atoms with E-state index < -0.39 is 0 Å². The Morgan fingerprint density at radius 1 is 1.29 bits per heavy atom. The monoisotopic (exact) mass is 307 g/mol. The number of aromatic hydroxyl groups is 1. The SMILES string of the molecule is CC(C)(C)SCc1noc([C@H](N)Cc2ccc(O)cc2)n1. The Morgan fingerprint density at radius 3 is 2.57 bits per heavy atom. The quantitative estimate of drug-likeness (QED) is 0.883. The topological polar surface area (TPSA) is 85.2 Å². The molecular weight excluding hydrogens is 286 g/mol. The number of benzene rings is 1. The van der Waals surface area contributed by atoms with Crippen LogP contribution in [0.25, 0.3) is 0 Å². The Morgan fingerprint density at radius 2 is 1.95 bits per heavy atom. The number of hydrogen-bond donors (Lipinski definition) is 2. The van der Waals surface area contributed by atoms with Crippen molar-refractivity contribution in [3.8, 4) is 5.75 Å². The van der Waals surface area contributed by atoms with E-state index in [4.69, 9.17) is 10.3 Å². The molecule has 0 fully saturated rings. The Kier molecular flexibility index (Phi) is 4.90. The number of thioether (sulfide) groups is 1. The van der Waals surface area contributed by atoms with Crippen molar-refractivity contribution in [2.45, 2.75) is 43.7 Å². The number of nitrogens with two attached hydrogens (primary N) is 1. The molecule has 6 heteroatoms. The highest BCUT2D eigenvalue weighted by Crippen LogP contribution is 2.26. The zero-order valence-electron chi connectivity index (χ0n) is 12.5. The van der Waals surface area contributed by atoms with Gasteiger partial charge in [0.15, 0.2) is 5.82 Å². The van der Waals surface area contributed by atoms with Crippen molar-refractivity contribution in [3.05, 3.63) is 41.5 Å². The normalized spacial score (nSPS) is 13.3. The highest BCUT2D eigenvalue weighted by molar-refractivity contribution is 7.99. The van der Waals surface area contributed by atoms with E-state index in [0.29, 0.717) is 23.9 Å². The van der Waals surface area contributed by atoms with E-state index in [0.717, 1.165) is 5.56 Å². The molecule has 0 radical (unpaired) electrons. The van der Waals surface area contributed by atoms with Crippen molar-refractivity contribution in [3.63, 3.8) is 0 Å². The van der Waals surface area contributed by atoms with Gasteiger partial charge in [-0.2, -0.15) is 4.98 Å². The van der Waals surface area contributed by atoms with Crippen LogP contribution in [0.5, 0.6) is 5.75 Å². The molecule has 0 aliphatic rings. The predicted octanol–water partition coefficient (Wildman–Crippen LogP) is 3.05. The van der Waals surface area contributed by atoms with Crippen LogP contribution in [0.15, 0.2) is 28.8 Å². The van der Waals surface area contributed by atoms with Gasteiger partial charge in [-0.3, -0.25) is 0 Å². The Hall–Kier alpha value is -1.53. The minimum absolute atomic E-state index is 0.162. The van der Waals surface area contributed by atoms with Gasteiger partial charge >= 0.3 is 0 Å². The average molecular weight is 307 g/mol. The first kappa shape index (κ1) is 15.9. The Balaban J connectivity index is 1.95. The third-order valence-electron chi connectivity index (χ3n) is 2.83. The zero-order valence-corrected chi connectivity index (χ0v) is 13.4. The average Bonchev–Trinajstić information content (AvgIpc) is 2.87. The predicted molar refractivity (Wildman–Crippen MR) is 84.1 cm³/mol. The molecule has 114 valence electrons. The highest BCUT2D eigenvalue weighted by Gasteiger charge is 2.17. The van der Waals surface area contributed by atoms with Crippen LogP contribution in [0, 0.1) is 0 Å². The third kappa shape index (κ3) is 5.06. The maximum Gasteiger partial charge on any atom is 0.243 e. The number of hydrogen-bond acceptors (Lipinski definition) is 6. The van der Waals surface area contributed by atoms with Gasteiger partial charge in [-0.1, -0.05) is 38.1 Å². The Labute approximate surface area is 128 Å². The summed E-state index contributed by atoms with van der Waals surface area (Å²) < 4.78 is 5.40. The smallest absolute Gasteiger partial charge is 0.243 e. The number of rotatable bonds is 5. The largest absolute Gasteiger partial charge is 0.508 e. The van der Waals surface area contributed by atoms with Crippen LogP contribution in [-0.4, -0.2) is 20.0 Å². The molecule has 0 aliphatic carbocycles. The van der Waals surface area contributed by atoms with Crippen molar-refractivity contribution >= 4 is 11.8 Å². The zero-order chi connectivity index (χ0) is 15.5. The van der Waals surface area contributed by atoms with E-state index in [1.807, 2.05) is 12.1 Å². The summed E-state index contributed by atoms with van der Waals surface area (Å²) >= 11 is 1.76. The first-order valence-electron chi connectivity index (χ1n) is 6.83. The molecule has 0 saturated heterocycles. The molecule has 0 aliphatic heterocycles. The number of phenols is 1. The molecule has 1 heterocycles. The van der Waals surface area contributed by atoms with E-state index >= 15 is 0 Å². The van der Waals surface area contributed by atoms with Crippen LogP contribution in [-0.2, 0) is 12.2 Å². The van der Waals surface area contributed by atoms with E-state index in [-0.39, 0.29) is 16.5 Å². The van der Waals surface area contributed by atoms with Gasteiger partial charge in [0, 0.05) is 4.75 Å². The summed E-state index contributed by atoms with van der Waals surface area (Å²) in [4.78, 5) is 4.35. The second kappa shape index (κ2) is 6.49. The lowest BCUT2D eigenvalue weighted by atomic mass is 10.1. The number of phenolic OH excluding ortho intramolecular Hbond substituents is 1. The number of aromatic nitrogens is 2. The highest BCUT2D eigenvalue weighted by atomic mass is 32.2. The summed E-state index contributed by atoms with van der Waals surface area (Å²) in [7, 11) is 0. The van der Waals surface area contributed by atoms with Gasteiger partial charge in [-0.25, -0.2) is 0 Å². The third-order valence-corrected chi connectivity index (χ3v) is 4.10. The summed E-state index contributed by atoms with van der Waals surface area (Å²) in [5, 5.41) is 13.2. The van der Waals surface area contributed by atoms with Crippen molar-refractivity contribution in [2.24, 2.45) is 5.73 Å². The van der Waals surface area contributed by atoms with Crippen LogP contribution in [0.1, 0.15) is 44.1 Å². The molecule has 1 aromatic carbocycles. The van der Waals surface area contributed by atoms with E-state index in [1.165, 1.54) is 0 Å². The molecule has 1 atom stereocenters. The summed E-state index contributed by atoms with van der Waals surface area (Å²) in [5.74, 6) is 2.07. The molecule has 2 rings (SSSR count). The van der Waals surface area contributed by atoms with Crippen molar-refractivity contribution in [2.75, 3.05) is 0 Å². The molecule has 0 amide bonds. The first-order chi connectivity index (χ1) is 9.83. The second-order valence-electron chi connectivity index (χ2n) is 5.93. The second-order valence-corrected chi connectivity index (χ2v) is 7.73. The molecule has 3 N–H and O–H groups in total. The lowest BCUT2D eigenvalue weighted by Gasteiger charge is -2.15. The summed E-state index contributed by atoms with van der Waals surface area (Å²) in [5.41, 5.74) is 7.11. The molecule has 0 spiro atoms. The minimum Gasteiger partial charge on any atom is -0.508 e. The van der Waals surface area contributed by atoms with Crippen molar-refractivity contribution in [1.82, 2.24) is 10.1 Å². The van der Waals surface area contributed by atoms with E-state index in [9.17, 15) is 5.11 Å². The molecule has 1 aromatic heterocycles. The fourth-order valence-corrected chi connectivity index (χ4v) is 2.41. The summed E-state index contributed by atoms with van der Waals surface area (Å²) in [6, 6.07) is 6.61. The first-order valence-corrected chi connectivity index (χ1v) is 7.82. The maximum atomic E-state index is 9.26. The molecule has 0 saturated carbocycles. The van der Waals surface area contributed by atoms with Gasteiger partial charge in [-0.05, 0) is 24.1 Å². The van der Waals surface area contributed by atoms with Crippen molar-refractivity contribution in [1.29, 1.82) is 0 Å². The molecule has 0 bridgehead atoms. The van der Waals surface area contributed by atoms with E-state index in [1.54, 1.807) is 23.9 Å². The lowest BCUT2D eigenvalue weighted by molar-refractivity contribution is 0.351. The van der Waals surface area contributed by atoms with Gasteiger partial charge in [0.2, 0.25) is 5.89 Å². The van der Waals surface area contributed by atoms with E-state index in [2.05, 4.69) is 30.9 Å². The molecule has 21 heavy (non-hydrogen) atoms. The van der Waals surface area contributed by atoms with Crippen LogP contribution >= 0.6 is 11.8 Å². The van der Waals surface area contributed by atoms with Crippen LogP contribution in [0.4, 0.5) is 0 Å². The standard InChI is InChI=1S/C15H21N3O2S/c1-15(2,3)21-9-13-17-14(20-18-13)12(16)8-10-4-6-11(19)7-5-10/h4-7,12,19H,8-9,16H2,1-3H3/t12-/m1/s1. The van der Waals surface area contributed by atoms with Gasteiger partial charge in [0.25, 0.3) is 0 Å². The van der Waals surface area contributed by atoms with Crippen LogP contribution in [0.2, 0.25) is 0 Å². The van der Waals surface area contributed by atoms with Gasteiger partial charge in [0.05, 0.1) is 11.8 Å². The minimum atomic E-state index is -0.338. The van der Waals surface area contributed by atoms with Gasteiger partial charge in [-0.15, -0.1) is 11.8 Å². The number of nitrogens with zero attached hydrogens (tertiary/aromatic N) is 2. The van der Waals surface area contributed by atoms with Gasteiger partial charge in [0.1, 0.15) is 5.75 Å². The molecule has 0 unspecified atom stereocenters. The van der Waals surface area contributed by atoms with Crippen LogP contribution in [0.3, 0.4) is 0 Å². The fourth-order valence-electron chi connectivity index (χ4n) is 1.73. The molecule has 5 nitrogen and oxygen atoms in total.